The van der Waals surface area contributed by atoms with E-state index in [4.69, 9.17) is 0 Å². The third kappa shape index (κ3) is 3.27. The van der Waals surface area contributed by atoms with Gasteiger partial charge in [0.2, 0.25) is 0 Å². The molecule has 2 saturated heterocycles. The number of carbonyl (C=O) groups is 1. The summed E-state index contributed by atoms with van der Waals surface area (Å²) in [5.74, 6) is -2.13. The number of nitrogens with one attached hydrogen (secondary N) is 1. The predicted molar refractivity (Wildman–Crippen MR) is 81.1 cm³/mol. The highest BCUT2D eigenvalue weighted by molar-refractivity contribution is 5.94. The number of benzene rings is 1. The van der Waals surface area contributed by atoms with Gasteiger partial charge >= 0.3 is 6.18 Å². The first-order valence-corrected chi connectivity index (χ1v) is 8.18. The standard InChI is InChI=1S/C17H20F4N2O/c18-14-12(2-1-3-13(14)17(19,20)21)15(24)23-10-6-16(7-11-23)4-8-22-9-5-16/h1-3,22H,4-11H2. The van der Waals surface area contributed by atoms with Crippen LogP contribution >= 0.6 is 0 Å². The van der Waals surface area contributed by atoms with Gasteiger partial charge in [-0.2, -0.15) is 13.2 Å². The normalized spacial score (nSPS) is 21.1. The molecule has 0 aromatic heterocycles. The average molecular weight is 344 g/mol. The summed E-state index contributed by atoms with van der Waals surface area (Å²) in [6, 6.07) is 2.87. The number of rotatable bonds is 1. The van der Waals surface area contributed by atoms with Gasteiger partial charge in [0.25, 0.3) is 5.91 Å². The van der Waals surface area contributed by atoms with E-state index in [1.165, 1.54) is 4.90 Å². The van der Waals surface area contributed by atoms with Crippen LogP contribution in [-0.4, -0.2) is 37.0 Å². The number of halogens is 4. The average Bonchev–Trinajstić information content (AvgIpc) is 2.55. The fourth-order valence-corrected chi connectivity index (χ4v) is 3.73. The monoisotopic (exact) mass is 344 g/mol. The van der Waals surface area contributed by atoms with Crippen molar-refractivity contribution in [2.24, 2.45) is 5.41 Å². The summed E-state index contributed by atoms with van der Waals surface area (Å²) < 4.78 is 52.6. The summed E-state index contributed by atoms with van der Waals surface area (Å²) in [7, 11) is 0. The molecule has 0 unspecified atom stereocenters. The van der Waals surface area contributed by atoms with E-state index in [0.29, 0.717) is 19.2 Å². The van der Waals surface area contributed by atoms with Crippen LogP contribution < -0.4 is 5.32 Å². The Morgan fingerprint density at radius 2 is 1.71 bits per heavy atom. The molecule has 24 heavy (non-hydrogen) atoms. The molecule has 2 aliphatic rings. The van der Waals surface area contributed by atoms with Crippen molar-refractivity contribution < 1.29 is 22.4 Å². The van der Waals surface area contributed by atoms with Gasteiger partial charge in [0.1, 0.15) is 5.82 Å². The number of likely N-dealkylation sites (tertiary alicyclic amines) is 1. The number of hydrogen-bond donors (Lipinski definition) is 1. The van der Waals surface area contributed by atoms with Crippen LogP contribution in [0.2, 0.25) is 0 Å². The van der Waals surface area contributed by atoms with E-state index in [9.17, 15) is 22.4 Å². The van der Waals surface area contributed by atoms with Gasteiger partial charge in [-0.05, 0) is 56.3 Å². The van der Waals surface area contributed by atoms with Crippen LogP contribution in [0.25, 0.3) is 0 Å². The van der Waals surface area contributed by atoms with E-state index >= 15 is 0 Å². The maximum absolute atomic E-state index is 14.1. The highest BCUT2D eigenvalue weighted by Gasteiger charge is 2.39. The largest absolute Gasteiger partial charge is 0.419 e. The predicted octanol–water partition coefficient (Wildman–Crippen LogP) is 3.45. The molecule has 2 heterocycles. The molecule has 132 valence electrons. The van der Waals surface area contributed by atoms with E-state index in [1.54, 1.807) is 0 Å². The van der Waals surface area contributed by atoms with Gasteiger partial charge in [0, 0.05) is 13.1 Å². The third-order valence-corrected chi connectivity index (χ3v) is 5.31. The van der Waals surface area contributed by atoms with Crippen molar-refractivity contribution in [3.63, 3.8) is 0 Å². The second kappa shape index (κ2) is 6.35. The Kier molecular flexibility index (Phi) is 4.55. The van der Waals surface area contributed by atoms with Gasteiger partial charge in [-0.15, -0.1) is 0 Å². The van der Waals surface area contributed by atoms with Crippen LogP contribution in [0.5, 0.6) is 0 Å². The molecule has 3 nitrogen and oxygen atoms in total. The molecule has 3 rings (SSSR count). The topological polar surface area (TPSA) is 32.3 Å². The van der Waals surface area contributed by atoms with Crippen LogP contribution in [0.3, 0.4) is 0 Å². The van der Waals surface area contributed by atoms with Gasteiger partial charge in [0.05, 0.1) is 11.1 Å². The first-order chi connectivity index (χ1) is 11.3. The Bertz CT molecular complexity index is 614. The molecular weight excluding hydrogens is 324 g/mol. The van der Waals surface area contributed by atoms with Gasteiger partial charge in [0.15, 0.2) is 0 Å². The minimum atomic E-state index is -4.80. The zero-order chi connectivity index (χ0) is 17.4. The molecule has 7 heteroatoms. The first kappa shape index (κ1) is 17.2. The molecule has 2 aliphatic heterocycles. The maximum atomic E-state index is 14.1. The van der Waals surface area contributed by atoms with Crippen molar-refractivity contribution in [1.29, 1.82) is 0 Å². The summed E-state index contributed by atoms with van der Waals surface area (Å²) in [4.78, 5) is 14.0. The molecule has 0 radical (unpaired) electrons. The highest BCUT2D eigenvalue weighted by Crippen LogP contribution is 2.40. The Morgan fingerprint density at radius 1 is 1.08 bits per heavy atom. The van der Waals surface area contributed by atoms with Crippen LogP contribution in [0.15, 0.2) is 18.2 Å². The zero-order valence-corrected chi connectivity index (χ0v) is 13.3. The summed E-state index contributed by atoms with van der Waals surface area (Å²) in [5, 5.41) is 3.31. The number of nitrogens with zero attached hydrogens (tertiary/aromatic N) is 1. The summed E-state index contributed by atoms with van der Waals surface area (Å²) >= 11 is 0. The van der Waals surface area contributed by atoms with Gasteiger partial charge in [-0.1, -0.05) is 6.07 Å². The molecule has 0 bridgehead atoms. The van der Waals surface area contributed by atoms with E-state index in [0.717, 1.165) is 50.9 Å². The van der Waals surface area contributed by atoms with Crippen molar-refractivity contribution >= 4 is 5.91 Å². The maximum Gasteiger partial charge on any atom is 0.419 e. The van der Waals surface area contributed by atoms with E-state index in [-0.39, 0.29) is 5.41 Å². The van der Waals surface area contributed by atoms with Gasteiger partial charge in [-0.3, -0.25) is 4.79 Å². The fourth-order valence-electron chi connectivity index (χ4n) is 3.73. The van der Waals surface area contributed by atoms with E-state index in [1.807, 2.05) is 0 Å². The zero-order valence-electron chi connectivity index (χ0n) is 13.3. The van der Waals surface area contributed by atoms with Crippen molar-refractivity contribution in [3.8, 4) is 0 Å². The van der Waals surface area contributed by atoms with Crippen LogP contribution in [0.1, 0.15) is 41.6 Å². The van der Waals surface area contributed by atoms with Crippen molar-refractivity contribution in [2.75, 3.05) is 26.2 Å². The summed E-state index contributed by atoms with van der Waals surface area (Å²) in [5.41, 5.74) is -1.67. The van der Waals surface area contributed by atoms with E-state index in [2.05, 4.69) is 5.32 Å². The molecule has 1 aromatic carbocycles. The first-order valence-electron chi connectivity index (χ1n) is 8.18. The van der Waals surface area contributed by atoms with Crippen LogP contribution in [0.4, 0.5) is 17.6 Å². The van der Waals surface area contributed by atoms with Crippen LogP contribution in [-0.2, 0) is 6.18 Å². The summed E-state index contributed by atoms with van der Waals surface area (Å²) in [6.07, 6.45) is -1.07. The highest BCUT2D eigenvalue weighted by atomic mass is 19.4. The van der Waals surface area contributed by atoms with Crippen LogP contribution in [0, 0.1) is 11.2 Å². The number of amides is 1. The Morgan fingerprint density at radius 3 is 2.29 bits per heavy atom. The lowest BCUT2D eigenvalue weighted by Crippen LogP contribution is -2.47. The molecule has 0 aliphatic carbocycles. The Labute approximate surface area is 138 Å². The molecule has 1 N–H and O–H groups in total. The molecule has 0 saturated carbocycles. The van der Waals surface area contributed by atoms with Gasteiger partial charge < -0.3 is 10.2 Å². The second-order valence-electron chi connectivity index (χ2n) is 6.71. The lowest BCUT2D eigenvalue weighted by atomic mass is 9.71. The Balaban J connectivity index is 1.74. The SMILES string of the molecule is O=C(c1cccc(C(F)(F)F)c1F)N1CCC2(CCNCC2)CC1. The molecule has 1 spiro atoms. The molecule has 0 atom stereocenters. The van der Waals surface area contributed by atoms with Crippen molar-refractivity contribution in [3.05, 3.63) is 35.1 Å². The second-order valence-corrected chi connectivity index (χ2v) is 6.71. The Hall–Kier alpha value is -1.63. The molecular formula is C17H20F4N2O. The summed E-state index contributed by atoms with van der Waals surface area (Å²) in [6.45, 7) is 2.84. The minimum Gasteiger partial charge on any atom is -0.339 e. The molecule has 1 aromatic rings. The lowest BCUT2D eigenvalue weighted by molar-refractivity contribution is -0.140. The number of piperidine rings is 2. The fraction of sp³-hybridized carbons (Fsp3) is 0.588. The molecule has 1 amide bonds. The third-order valence-electron chi connectivity index (χ3n) is 5.31. The molecule has 2 fully saturated rings. The quantitative estimate of drug-likeness (QED) is 0.792. The number of carbonyl (C=O) groups excluding carboxylic acids is 1. The lowest BCUT2D eigenvalue weighted by Gasteiger charge is -2.44. The van der Waals surface area contributed by atoms with Crippen molar-refractivity contribution in [2.45, 2.75) is 31.9 Å². The smallest absolute Gasteiger partial charge is 0.339 e. The van der Waals surface area contributed by atoms with E-state index < -0.39 is 29.0 Å². The number of hydrogen-bond acceptors (Lipinski definition) is 2. The number of alkyl halides is 3. The minimum absolute atomic E-state index is 0.217. The van der Waals surface area contributed by atoms with Crippen molar-refractivity contribution in [1.82, 2.24) is 10.2 Å². The van der Waals surface area contributed by atoms with Gasteiger partial charge in [-0.25, -0.2) is 4.39 Å².